The van der Waals surface area contributed by atoms with Gasteiger partial charge < -0.3 is 14.6 Å². The lowest BCUT2D eigenvalue weighted by atomic mass is 10.2. The summed E-state index contributed by atoms with van der Waals surface area (Å²) in [5.41, 5.74) is 2.40. The van der Waals surface area contributed by atoms with E-state index in [1.807, 2.05) is 18.2 Å². The van der Waals surface area contributed by atoms with Gasteiger partial charge in [-0.25, -0.2) is 4.98 Å². The second-order valence-corrected chi connectivity index (χ2v) is 4.78. The van der Waals surface area contributed by atoms with Crippen molar-refractivity contribution in [2.24, 2.45) is 0 Å². The number of aromatic nitrogens is 4. The molecule has 2 aromatic heterocycles. The van der Waals surface area contributed by atoms with Crippen LogP contribution in [0, 0.1) is 0 Å². The smallest absolute Gasteiger partial charge is 0.260 e. The van der Waals surface area contributed by atoms with Gasteiger partial charge in [0.25, 0.3) is 5.89 Å². The molecule has 19 heavy (non-hydrogen) atoms. The van der Waals surface area contributed by atoms with E-state index in [0.29, 0.717) is 17.6 Å². The SMILES string of the molecule is OCc1nc2c(-c3nc(C4CC4)no3)cccc2[nH]1. The monoisotopic (exact) mass is 256 g/mol. The number of nitrogens with zero attached hydrogens (tertiary/aromatic N) is 3. The molecule has 1 fully saturated rings. The molecule has 1 aromatic carbocycles. The lowest BCUT2D eigenvalue weighted by Gasteiger charge is -1.94. The Hall–Kier alpha value is -2.21. The predicted octanol–water partition coefficient (Wildman–Crippen LogP) is 1.98. The topological polar surface area (TPSA) is 87.8 Å². The third-order valence-corrected chi connectivity index (χ3v) is 3.33. The highest BCUT2D eigenvalue weighted by Crippen LogP contribution is 2.39. The molecule has 0 bridgehead atoms. The van der Waals surface area contributed by atoms with E-state index >= 15 is 0 Å². The largest absolute Gasteiger partial charge is 0.388 e. The first-order valence-corrected chi connectivity index (χ1v) is 6.27. The van der Waals surface area contributed by atoms with E-state index in [-0.39, 0.29) is 6.61 Å². The van der Waals surface area contributed by atoms with Gasteiger partial charge in [0.15, 0.2) is 5.82 Å². The Labute approximate surface area is 108 Å². The summed E-state index contributed by atoms with van der Waals surface area (Å²) < 4.78 is 5.33. The lowest BCUT2D eigenvalue weighted by molar-refractivity contribution is 0.273. The summed E-state index contributed by atoms with van der Waals surface area (Å²) in [6.45, 7) is -0.120. The number of fused-ring (bicyclic) bond motifs is 1. The van der Waals surface area contributed by atoms with Gasteiger partial charge in [0.05, 0.1) is 11.1 Å². The third kappa shape index (κ3) is 1.72. The lowest BCUT2D eigenvalue weighted by Crippen LogP contribution is -1.85. The molecule has 0 saturated heterocycles. The molecule has 0 atom stereocenters. The van der Waals surface area contributed by atoms with Crippen LogP contribution in [0.2, 0.25) is 0 Å². The molecule has 2 N–H and O–H groups in total. The summed E-state index contributed by atoms with van der Waals surface area (Å²) in [6, 6.07) is 5.70. The van der Waals surface area contributed by atoms with Crippen molar-refractivity contribution in [1.82, 2.24) is 20.1 Å². The maximum absolute atomic E-state index is 9.14. The van der Waals surface area contributed by atoms with E-state index in [2.05, 4.69) is 20.1 Å². The third-order valence-electron chi connectivity index (χ3n) is 3.33. The van der Waals surface area contributed by atoms with Gasteiger partial charge >= 0.3 is 0 Å². The highest BCUT2D eigenvalue weighted by molar-refractivity contribution is 5.89. The van der Waals surface area contributed by atoms with E-state index in [0.717, 1.165) is 35.3 Å². The van der Waals surface area contributed by atoms with Crippen molar-refractivity contribution in [3.63, 3.8) is 0 Å². The highest BCUT2D eigenvalue weighted by atomic mass is 16.5. The molecule has 1 aliphatic carbocycles. The Morgan fingerprint density at radius 3 is 3.00 bits per heavy atom. The molecule has 0 spiro atoms. The van der Waals surface area contributed by atoms with Crippen LogP contribution < -0.4 is 0 Å². The number of aliphatic hydroxyl groups excluding tert-OH is 1. The molecule has 6 nitrogen and oxygen atoms in total. The van der Waals surface area contributed by atoms with Crippen LogP contribution in [0.25, 0.3) is 22.5 Å². The van der Waals surface area contributed by atoms with Crippen LogP contribution in [0.3, 0.4) is 0 Å². The number of imidazole rings is 1. The van der Waals surface area contributed by atoms with E-state index < -0.39 is 0 Å². The van der Waals surface area contributed by atoms with Crippen molar-refractivity contribution < 1.29 is 9.63 Å². The maximum Gasteiger partial charge on any atom is 0.260 e. The second-order valence-electron chi connectivity index (χ2n) is 4.78. The van der Waals surface area contributed by atoms with E-state index in [9.17, 15) is 0 Å². The van der Waals surface area contributed by atoms with Crippen LogP contribution in [0.5, 0.6) is 0 Å². The van der Waals surface area contributed by atoms with E-state index in [4.69, 9.17) is 9.63 Å². The summed E-state index contributed by atoms with van der Waals surface area (Å²) in [5.74, 6) is 2.27. The zero-order valence-electron chi connectivity index (χ0n) is 10.1. The van der Waals surface area contributed by atoms with Crippen LogP contribution >= 0.6 is 0 Å². The number of benzene rings is 1. The van der Waals surface area contributed by atoms with Crippen molar-refractivity contribution in [1.29, 1.82) is 0 Å². The molecule has 2 heterocycles. The molecule has 6 heteroatoms. The molecule has 3 aromatic rings. The van der Waals surface area contributed by atoms with Gasteiger partial charge in [0.1, 0.15) is 17.9 Å². The van der Waals surface area contributed by atoms with Crippen LogP contribution in [0.15, 0.2) is 22.7 Å². The van der Waals surface area contributed by atoms with Crippen LogP contribution in [0.4, 0.5) is 0 Å². The van der Waals surface area contributed by atoms with Crippen LogP contribution in [-0.4, -0.2) is 25.2 Å². The standard InChI is InChI=1S/C13H12N4O2/c18-6-10-14-9-3-1-2-8(11(9)15-10)13-16-12(17-19-13)7-4-5-7/h1-3,7,18H,4-6H2,(H,14,15). The summed E-state index contributed by atoms with van der Waals surface area (Å²) in [4.78, 5) is 11.8. The van der Waals surface area contributed by atoms with Crippen molar-refractivity contribution in [3.8, 4) is 11.5 Å². The van der Waals surface area contributed by atoms with Crippen LogP contribution in [0.1, 0.15) is 30.4 Å². The van der Waals surface area contributed by atoms with Crippen molar-refractivity contribution in [2.75, 3.05) is 0 Å². The Morgan fingerprint density at radius 1 is 1.32 bits per heavy atom. The quantitative estimate of drug-likeness (QED) is 0.748. The van der Waals surface area contributed by atoms with E-state index in [1.54, 1.807) is 0 Å². The number of hydrogen-bond acceptors (Lipinski definition) is 5. The second kappa shape index (κ2) is 3.89. The molecule has 96 valence electrons. The molecule has 0 aliphatic heterocycles. The number of aromatic amines is 1. The van der Waals surface area contributed by atoms with Gasteiger partial charge in [-0.1, -0.05) is 11.2 Å². The maximum atomic E-state index is 9.14. The van der Waals surface area contributed by atoms with Gasteiger partial charge in [-0.15, -0.1) is 0 Å². The predicted molar refractivity (Wildman–Crippen MR) is 67.3 cm³/mol. The summed E-state index contributed by atoms with van der Waals surface area (Å²) in [6.07, 6.45) is 2.28. The van der Waals surface area contributed by atoms with Crippen molar-refractivity contribution in [3.05, 3.63) is 29.8 Å². The Kier molecular flexibility index (Phi) is 2.19. The molecule has 1 saturated carbocycles. The summed E-state index contributed by atoms with van der Waals surface area (Å²) >= 11 is 0. The molecule has 4 rings (SSSR count). The van der Waals surface area contributed by atoms with Crippen molar-refractivity contribution >= 4 is 11.0 Å². The fraction of sp³-hybridized carbons (Fsp3) is 0.308. The van der Waals surface area contributed by atoms with Gasteiger partial charge in [0.2, 0.25) is 0 Å². The number of aliphatic hydroxyl groups is 1. The number of para-hydroxylation sites is 1. The van der Waals surface area contributed by atoms with Gasteiger partial charge in [-0.2, -0.15) is 4.98 Å². The highest BCUT2D eigenvalue weighted by Gasteiger charge is 2.29. The molecular formula is C13H12N4O2. The zero-order valence-corrected chi connectivity index (χ0v) is 10.1. The minimum absolute atomic E-state index is 0.120. The summed E-state index contributed by atoms with van der Waals surface area (Å²) in [7, 11) is 0. The molecular weight excluding hydrogens is 244 g/mol. The minimum Gasteiger partial charge on any atom is -0.388 e. The minimum atomic E-state index is -0.120. The first-order valence-electron chi connectivity index (χ1n) is 6.27. The Balaban J connectivity index is 1.85. The van der Waals surface area contributed by atoms with E-state index in [1.165, 1.54) is 0 Å². The van der Waals surface area contributed by atoms with Gasteiger partial charge in [0, 0.05) is 5.92 Å². The average Bonchev–Trinajstić information content (AvgIpc) is 3.03. The average molecular weight is 256 g/mol. The van der Waals surface area contributed by atoms with Crippen molar-refractivity contribution in [2.45, 2.75) is 25.4 Å². The fourth-order valence-electron chi connectivity index (χ4n) is 2.18. The van der Waals surface area contributed by atoms with Gasteiger partial charge in [-0.05, 0) is 25.0 Å². The van der Waals surface area contributed by atoms with Gasteiger partial charge in [-0.3, -0.25) is 0 Å². The number of nitrogens with one attached hydrogen (secondary N) is 1. The fourth-order valence-corrected chi connectivity index (χ4v) is 2.18. The van der Waals surface area contributed by atoms with Crippen LogP contribution in [-0.2, 0) is 6.61 Å². The number of hydrogen-bond donors (Lipinski definition) is 2. The Morgan fingerprint density at radius 2 is 2.21 bits per heavy atom. The molecule has 0 amide bonds. The first kappa shape index (κ1) is 10.7. The molecule has 1 aliphatic rings. The Bertz CT molecular complexity index is 742. The zero-order chi connectivity index (χ0) is 12.8. The first-order chi connectivity index (χ1) is 9.35. The molecule has 0 unspecified atom stereocenters. The number of rotatable bonds is 3. The number of H-pyrrole nitrogens is 1. The summed E-state index contributed by atoms with van der Waals surface area (Å²) in [5, 5.41) is 13.2. The molecule has 0 radical (unpaired) electrons. The normalized spacial score (nSPS) is 15.2.